The minimum Gasteiger partial charge on any atom is -0.375 e. The highest BCUT2D eigenvalue weighted by Gasteiger charge is 2.41. The molecule has 4 rings (SSSR count). The first-order valence-electron chi connectivity index (χ1n) is 7.97. The number of nitrogens with two attached hydrogens (primary N) is 1. The molecule has 0 fully saturated rings. The van der Waals surface area contributed by atoms with Gasteiger partial charge < -0.3 is 5.73 Å². The Morgan fingerprint density at radius 1 is 1.04 bits per heavy atom. The maximum atomic E-state index is 13.2. The van der Waals surface area contributed by atoms with Crippen LogP contribution in [0.25, 0.3) is 0 Å². The quantitative estimate of drug-likeness (QED) is 0.717. The van der Waals surface area contributed by atoms with E-state index in [4.69, 9.17) is 5.73 Å². The van der Waals surface area contributed by atoms with Crippen molar-refractivity contribution in [3.63, 3.8) is 0 Å². The number of carbonyl (C=O) groups excluding carboxylic acids is 2. The van der Waals surface area contributed by atoms with Crippen molar-refractivity contribution in [3.8, 4) is 0 Å². The summed E-state index contributed by atoms with van der Waals surface area (Å²) in [6, 6.07) is 12.1. The second kappa shape index (κ2) is 6.34. The van der Waals surface area contributed by atoms with E-state index in [0.717, 1.165) is 5.56 Å². The molecule has 0 aliphatic carbocycles. The Balaban J connectivity index is 1.75. The Labute approximate surface area is 152 Å². The molecule has 130 valence electrons. The smallest absolute Gasteiger partial charge is 0.262 e. The summed E-state index contributed by atoms with van der Waals surface area (Å²) in [5.74, 6) is -1.06. The van der Waals surface area contributed by atoms with Gasteiger partial charge in [0.15, 0.2) is 5.13 Å². The fraction of sp³-hybridized carbons (Fsp3) is 0.105. The number of nitrogen functional groups attached to an aromatic ring is 1. The maximum Gasteiger partial charge on any atom is 0.262 e. The van der Waals surface area contributed by atoms with Crippen molar-refractivity contribution in [2.75, 3.05) is 5.73 Å². The van der Waals surface area contributed by atoms with Gasteiger partial charge >= 0.3 is 0 Å². The van der Waals surface area contributed by atoms with Gasteiger partial charge in [0.05, 0.1) is 22.9 Å². The van der Waals surface area contributed by atoms with Crippen molar-refractivity contribution in [1.29, 1.82) is 0 Å². The number of aromatic nitrogens is 1. The first kappa shape index (κ1) is 16.4. The zero-order chi connectivity index (χ0) is 18.3. The number of amides is 2. The average Bonchev–Trinajstić information content (AvgIpc) is 3.18. The summed E-state index contributed by atoms with van der Waals surface area (Å²) in [4.78, 5) is 31.2. The SMILES string of the molecule is Nc1nc(C(Cc2ccc(F)cc2)N2C(=O)c3ccccc3C2=O)cs1. The summed E-state index contributed by atoms with van der Waals surface area (Å²) in [6.07, 6.45) is 0.328. The molecule has 5 nitrogen and oxygen atoms in total. The number of hydrogen-bond acceptors (Lipinski definition) is 5. The lowest BCUT2D eigenvalue weighted by Crippen LogP contribution is -2.35. The van der Waals surface area contributed by atoms with Crippen LogP contribution in [0, 0.1) is 5.82 Å². The summed E-state index contributed by atoms with van der Waals surface area (Å²) >= 11 is 1.25. The molecule has 0 saturated heterocycles. The molecule has 0 spiro atoms. The fourth-order valence-electron chi connectivity index (χ4n) is 3.12. The Bertz CT molecular complexity index is 965. The third-order valence-electron chi connectivity index (χ3n) is 4.36. The van der Waals surface area contributed by atoms with Crippen LogP contribution in [0.15, 0.2) is 53.9 Å². The predicted molar refractivity (Wildman–Crippen MR) is 96.3 cm³/mol. The monoisotopic (exact) mass is 367 g/mol. The number of halogens is 1. The lowest BCUT2D eigenvalue weighted by molar-refractivity contribution is 0.0578. The lowest BCUT2D eigenvalue weighted by atomic mass is 10.0. The number of rotatable bonds is 4. The van der Waals surface area contributed by atoms with E-state index >= 15 is 0 Å². The van der Waals surface area contributed by atoms with Crippen LogP contribution in [-0.4, -0.2) is 21.7 Å². The molecule has 1 aliphatic rings. The predicted octanol–water partition coefficient (Wildman–Crippen LogP) is 3.44. The van der Waals surface area contributed by atoms with Gasteiger partial charge in [-0.05, 0) is 36.2 Å². The second-order valence-electron chi connectivity index (χ2n) is 5.98. The summed E-state index contributed by atoms with van der Waals surface area (Å²) in [5.41, 5.74) is 7.85. The molecule has 1 unspecified atom stereocenters. The van der Waals surface area contributed by atoms with E-state index in [1.54, 1.807) is 41.8 Å². The standard InChI is InChI=1S/C19H14FN3O2S/c20-12-7-5-11(6-8-12)9-16(15-10-26-19(21)22-15)23-17(24)13-3-1-2-4-14(13)18(23)25/h1-8,10,16H,9H2,(H2,21,22). The van der Waals surface area contributed by atoms with E-state index in [0.29, 0.717) is 28.4 Å². The molecule has 1 atom stereocenters. The van der Waals surface area contributed by atoms with Gasteiger partial charge in [0.25, 0.3) is 11.8 Å². The van der Waals surface area contributed by atoms with Crippen molar-refractivity contribution in [2.24, 2.45) is 0 Å². The molecule has 3 aromatic rings. The van der Waals surface area contributed by atoms with Gasteiger partial charge in [0.1, 0.15) is 5.82 Å². The largest absolute Gasteiger partial charge is 0.375 e. The molecular weight excluding hydrogens is 353 g/mol. The third-order valence-corrected chi connectivity index (χ3v) is 5.05. The molecule has 2 N–H and O–H groups in total. The zero-order valence-corrected chi connectivity index (χ0v) is 14.4. The molecule has 2 amide bonds. The van der Waals surface area contributed by atoms with Crippen molar-refractivity contribution >= 4 is 28.3 Å². The molecule has 2 aromatic carbocycles. The van der Waals surface area contributed by atoms with Crippen LogP contribution < -0.4 is 5.73 Å². The van der Waals surface area contributed by atoms with Gasteiger partial charge in [-0.3, -0.25) is 14.5 Å². The number of anilines is 1. The van der Waals surface area contributed by atoms with Crippen LogP contribution in [0.2, 0.25) is 0 Å². The van der Waals surface area contributed by atoms with Gasteiger partial charge in [-0.2, -0.15) is 0 Å². The van der Waals surface area contributed by atoms with Gasteiger partial charge in [-0.1, -0.05) is 24.3 Å². The minimum atomic E-state index is -0.610. The molecular formula is C19H14FN3O2S. The minimum absolute atomic E-state index is 0.328. The molecule has 0 saturated carbocycles. The summed E-state index contributed by atoms with van der Waals surface area (Å²) in [5, 5.41) is 2.10. The summed E-state index contributed by atoms with van der Waals surface area (Å²) < 4.78 is 13.2. The van der Waals surface area contributed by atoms with Crippen molar-refractivity contribution in [1.82, 2.24) is 9.88 Å². The number of hydrogen-bond donors (Lipinski definition) is 1. The van der Waals surface area contributed by atoms with Gasteiger partial charge in [0.2, 0.25) is 0 Å². The van der Waals surface area contributed by atoms with Crippen molar-refractivity contribution in [3.05, 3.63) is 82.1 Å². The molecule has 1 aliphatic heterocycles. The first-order valence-corrected chi connectivity index (χ1v) is 8.85. The molecule has 26 heavy (non-hydrogen) atoms. The van der Waals surface area contributed by atoms with Crippen LogP contribution in [0.5, 0.6) is 0 Å². The highest BCUT2D eigenvalue weighted by molar-refractivity contribution is 7.13. The van der Waals surface area contributed by atoms with E-state index in [-0.39, 0.29) is 17.6 Å². The highest BCUT2D eigenvalue weighted by atomic mass is 32.1. The van der Waals surface area contributed by atoms with Gasteiger partial charge in [0, 0.05) is 5.38 Å². The van der Waals surface area contributed by atoms with E-state index in [1.165, 1.54) is 28.4 Å². The van der Waals surface area contributed by atoms with Crippen LogP contribution in [0.4, 0.5) is 9.52 Å². The molecule has 1 aromatic heterocycles. The van der Waals surface area contributed by atoms with E-state index in [2.05, 4.69) is 4.98 Å². The molecule has 0 radical (unpaired) electrons. The van der Waals surface area contributed by atoms with Crippen molar-refractivity contribution < 1.29 is 14.0 Å². The van der Waals surface area contributed by atoms with Crippen LogP contribution >= 0.6 is 11.3 Å². The number of fused-ring (bicyclic) bond motifs is 1. The average molecular weight is 367 g/mol. The summed E-state index contributed by atoms with van der Waals surface area (Å²) in [6.45, 7) is 0. The van der Waals surface area contributed by atoms with E-state index < -0.39 is 6.04 Å². The van der Waals surface area contributed by atoms with Crippen LogP contribution in [0.3, 0.4) is 0 Å². The summed E-state index contributed by atoms with van der Waals surface area (Å²) in [7, 11) is 0. The van der Waals surface area contributed by atoms with Crippen LogP contribution in [0.1, 0.15) is 38.0 Å². The first-order chi connectivity index (χ1) is 12.5. The topological polar surface area (TPSA) is 76.3 Å². The number of thiazole rings is 1. The van der Waals surface area contributed by atoms with Crippen LogP contribution in [-0.2, 0) is 6.42 Å². The third kappa shape index (κ3) is 2.76. The van der Waals surface area contributed by atoms with E-state index in [1.807, 2.05) is 0 Å². The van der Waals surface area contributed by atoms with Gasteiger partial charge in [-0.25, -0.2) is 9.37 Å². The number of imide groups is 1. The molecule has 2 heterocycles. The van der Waals surface area contributed by atoms with Crippen molar-refractivity contribution in [2.45, 2.75) is 12.5 Å². The Kier molecular flexibility index (Phi) is 4.00. The number of nitrogens with zero attached hydrogens (tertiary/aromatic N) is 2. The molecule has 7 heteroatoms. The molecule has 0 bridgehead atoms. The van der Waals surface area contributed by atoms with Gasteiger partial charge in [-0.15, -0.1) is 11.3 Å². The Morgan fingerprint density at radius 3 is 2.19 bits per heavy atom. The fourth-order valence-corrected chi connectivity index (χ4v) is 3.73. The normalized spacial score (nSPS) is 14.6. The zero-order valence-electron chi connectivity index (χ0n) is 13.6. The lowest BCUT2D eigenvalue weighted by Gasteiger charge is -2.25. The maximum absolute atomic E-state index is 13.2. The highest BCUT2D eigenvalue weighted by Crippen LogP contribution is 2.34. The second-order valence-corrected chi connectivity index (χ2v) is 6.87. The number of benzene rings is 2. The number of carbonyl (C=O) groups is 2. The van der Waals surface area contributed by atoms with E-state index in [9.17, 15) is 14.0 Å². The Hall–Kier alpha value is -3.06. The Morgan fingerprint density at radius 2 is 1.65 bits per heavy atom.